The molecule has 8 heteroatoms. The van der Waals surface area contributed by atoms with Gasteiger partial charge in [-0.15, -0.1) is 0 Å². The summed E-state index contributed by atoms with van der Waals surface area (Å²) in [6.07, 6.45) is 3.09. The first-order valence-corrected chi connectivity index (χ1v) is 7.86. The average Bonchev–Trinajstić information content (AvgIpc) is 2.86. The molecule has 2 aromatic heterocycles. The predicted molar refractivity (Wildman–Crippen MR) is 82.6 cm³/mol. The molecule has 1 aliphatic heterocycles. The Morgan fingerprint density at radius 1 is 1.45 bits per heavy atom. The van der Waals surface area contributed by atoms with Crippen LogP contribution >= 0.6 is 23.2 Å². The van der Waals surface area contributed by atoms with E-state index in [0.29, 0.717) is 24.2 Å². The third-order valence-corrected chi connectivity index (χ3v) is 4.30. The Balaban J connectivity index is 2.08. The van der Waals surface area contributed by atoms with E-state index in [1.807, 2.05) is 0 Å². The normalized spacial score (nSPS) is 16.1. The number of nitrogens with zero attached hydrogens (tertiary/aromatic N) is 3. The summed E-state index contributed by atoms with van der Waals surface area (Å²) in [7, 11) is 0. The number of ether oxygens (including phenoxy) is 2. The Morgan fingerprint density at radius 3 is 2.86 bits per heavy atom. The molecule has 2 aromatic rings. The lowest BCUT2D eigenvalue weighted by Gasteiger charge is -2.22. The molecule has 0 N–H and O–H groups in total. The van der Waals surface area contributed by atoms with Crippen LogP contribution in [0.5, 0.6) is 0 Å². The molecule has 0 atom stereocenters. The lowest BCUT2D eigenvalue weighted by Crippen LogP contribution is -2.20. The molecule has 0 saturated carbocycles. The molecule has 0 radical (unpaired) electrons. The molecule has 3 rings (SSSR count). The number of carbonyl (C=O) groups is 1. The first kappa shape index (κ1) is 15.5. The van der Waals surface area contributed by atoms with Gasteiger partial charge in [0.25, 0.3) is 0 Å². The van der Waals surface area contributed by atoms with Gasteiger partial charge in [-0.05, 0) is 19.8 Å². The van der Waals surface area contributed by atoms with Crippen molar-refractivity contribution >= 4 is 40.2 Å². The van der Waals surface area contributed by atoms with Gasteiger partial charge in [-0.3, -0.25) is 0 Å². The molecular formula is C14H15Cl2N3O3. The van der Waals surface area contributed by atoms with Gasteiger partial charge in [0.2, 0.25) is 0 Å². The van der Waals surface area contributed by atoms with E-state index in [0.717, 1.165) is 12.8 Å². The number of fused-ring (bicyclic) bond motifs is 1. The quantitative estimate of drug-likeness (QED) is 0.800. The van der Waals surface area contributed by atoms with Crippen LogP contribution in [0.3, 0.4) is 0 Å². The van der Waals surface area contributed by atoms with Gasteiger partial charge in [0.15, 0.2) is 10.8 Å². The SMILES string of the molecule is CCOC(=O)c1cnc2c(c(Cl)nn2C2CCOCC2)c1Cl. The van der Waals surface area contributed by atoms with Gasteiger partial charge in [0.05, 0.1) is 28.6 Å². The zero-order chi connectivity index (χ0) is 15.7. The van der Waals surface area contributed by atoms with E-state index in [1.54, 1.807) is 11.6 Å². The minimum absolute atomic E-state index is 0.167. The zero-order valence-corrected chi connectivity index (χ0v) is 13.5. The first-order valence-electron chi connectivity index (χ1n) is 7.10. The molecule has 0 aromatic carbocycles. The van der Waals surface area contributed by atoms with Crippen LogP contribution in [0, 0.1) is 0 Å². The van der Waals surface area contributed by atoms with E-state index >= 15 is 0 Å². The average molecular weight is 344 g/mol. The van der Waals surface area contributed by atoms with Crippen molar-refractivity contribution in [3.63, 3.8) is 0 Å². The van der Waals surface area contributed by atoms with E-state index in [2.05, 4.69) is 10.1 Å². The van der Waals surface area contributed by atoms with Crippen LogP contribution < -0.4 is 0 Å². The highest BCUT2D eigenvalue weighted by Gasteiger charge is 2.25. The van der Waals surface area contributed by atoms with Crippen molar-refractivity contribution in [1.29, 1.82) is 0 Å². The molecule has 1 fully saturated rings. The van der Waals surface area contributed by atoms with Gasteiger partial charge < -0.3 is 9.47 Å². The van der Waals surface area contributed by atoms with Crippen LogP contribution in [-0.4, -0.2) is 40.6 Å². The summed E-state index contributed by atoms with van der Waals surface area (Å²) in [5.41, 5.74) is 0.777. The third kappa shape index (κ3) is 2.66. The maximum absolute atomic E-state index is 11.9. The van der Waals surface area contributed by atoms with Crippen molar-refractivity contribution in [1.82, 2.24) is 14.8 Å². The largest absolute Gasteiger partial charge is 0.462 e. The predicted octanol–water partition coefficient (Wildman–Crippen LogP) is 3.27. The van der Waals surface area contributed by atoms with Crippen LogP contribution in [0.1, 0.15) is 36.2 Å². The minimum Gasteiger partial charge on any atom is -0.462 e. The maximum atomic E-state index is 11.9. The summed E-state index contributed by atoms with van der Waals surface area (Å²) in [5.74, 6) is -0.517. The minimum atomic E-state index is -0.517. The Labute approximate surface area is 137 Å². The van der Waals surface area contributed by atoms with Crippen LogP contribution in [0.15, 0.2) is 6.20 Å². The van der Waals surface area contributed by atoms with E-state index in [-0.39, 0.29) is 28.4 Å². The highest BCUT2D eigenvalue weighted by Crippen LogP contribution is 2.34. The van der Waals surface area contributed by atoms with Gasteiger partial charge in [-0.25, -0.2) is 14.5 Å². The maximum Gasteiger partial charge on any atom is 0.341 e. The number of hydrogen-bond acceptors (Lipinski definition) is 5. The molecule has 6 nitrogen and oxygen atoms in total. The second kappa shape index (κ2) is 6.40. The summed E-state index contributed by atoms with van der Waals surface area (Å²) in [6, 6.07) is 0.167. The van der Waals surface area contributed by atoms with E-state index in [9.17, 15) is 4.79 Å². The zero-order valence-electron chi connectivity index (χ0n) is 12.0. The molecule has 118 valence electrons. The molecule has 0 spiro atoms. The van der Waals surface area contributed by atoms with Gasteiger partial charge in [0, 0.05) is 19.4 Å². The van der Waals surface area contributed by atoms with Crippen LogP contribution in [0.2, 0.25) is 10.2 Å². The smallest absolute Gasteiger partial charge is 0.341 e. The topological polar surface area (TPSA) is 66.2 Å². The molecule has 22 heavy (non-hydrogen) atoms. The van der Waals surface area contributed by atoms with Crippen molar-refractivity contribution in [2.75, 3.05) is 19.8 Å². The summed E-state index contributed by atoms with van der Waals surface area (Å²) < 4.78 is 12.1. The summed E-state index contributed by atoms with van der Waals surface area (Å²) in [5, 5.41) is 5.30. The molecule has 3 heterocycles. The Hall–Kier alpha value is -1.37. The fourth-order valence-corrected chi connectivity index (χ4v) is 3.17. The number of esters is 1. The second-order valence-corrected chi connectivity index (χ2v) is 5.72. The standard InChI is InChI=1S/C14H15Cl2N3O3/c1-2-22-14(20)9-7-17-13-10(11(9)15)12(16)18-19(13)8-3-5-21-6-4-8/h7-8H,2-6H2,1H3. The van der Waals surface area contributed by atoms with E-state index < -0.39 is 5.97 Å². The first-order chi connectivity index (χ1) is 10.6. The highest BCUT2D eigenvalue weighted by atomic mass is 35.5. The number of rotatable bonds is 3. The fraction of sp³-hybridized carbons (Fsp3) is 0.500. The Bertz CT molecular complexity index is 711. The fourth-order valence-electron chi connectivity index (χ4n) is 2.56. The molecule has 0 amide bonds. The number of carbonyl (C=O) groups excluding carboxylic acids is 1. The van der Waals surface area contributed by atoms with Gasteiger partial charge >= 0.3 is 5.97 Å². The van der Waals surface area contributed by atoms with Crippen LogP contribution in [-0.2, 0) is 9.47 Å². The van der Waals surface area contributed by atoms with Crippen LogP contribution in [0.4, 0.5) is 0 Å². The van der Waals surface area contributed by atoms with Gasteiger partial charge in [-0.1, -0.05) is 23.2 Å². The summed E-state index contributed by atoms with van der Waals surface area (Å²) in [6.45, 7) is 3.35. The number of aromatic nitrogens is 3. The third-order valence-electron chi connectivity index (χ3n) is 3.65. The summed E-state index contributed by atoms with van der Waals surface area (Å²) in [4.78, 5) is 16.2. The number of halogens is 2. The summed E-state index contributed by atoms with van der Waals surface area (Å²) >= 11 is 12.5. The van der Waals surface area contributed by atoms with Crippen molar-refractivity contribution in [2.45, 2.75) is 25.8 Å². The molecule has 0 aliphatic carbocycles. The second-order valence-electron chi connectivity index (χ2n) is 4.98. The van der Waals surface area contributed by atoms with Crippen molar-refractivity contribution < 1.29 is 14.3 Å². The molecule has 1 saturated heterocycles. The highest BCUT2D eigenvalue weighted by molar-refractivity contribution is 6.43. The number of hydrogen-bond donors (Lipinski definition) is 0. The molecule has 1 aliphatic rings. The van der Waals surface area contributed by atoms with Gasteiger partial charge in [0.1, 0.15) is 0 Å². The molecule has 0 unspecified atom stereocenters. The van der Waals surface area contributed by atoms with Crippen molar-refractivity contribution in [3.8, 4) is 0 Å². The number of pyridine rings is 1. The Morgan fingerprint density at radius 2 is 2.18 bits per heavy atom. The van der Waals surface area contributed by atoms with E-state index in [4.69, 9.17) is 32.7 Å². The molecule has 0 bridgehead atoms. The van der Waals surface area contributed by atoms with Crippen molar-refractivity contribution in [3.05, 3.63) is 21.9 Å². The lowest BCUT2D eigenvalue weighted by molar-refractivity contribution is 0.0526. The lowest BCUT2D eigenvalue weighted by atomic mass is 10.1. The van der Waals surface area contributed by atoms with Crippen LogP contribution in [0.25, 0.3) is 11.0 Å². The van der Waals surface area contributed by atoms with Gasteiger partial charge in [-0.2, -0.15) is 5.10 Å². The molecular weight excluding hydrogens is 329 g/mol. The van der Waals surface area contributed by atoms with Crippen molar-refractivity contribution in [2.24, 2.45) is 0 Å². The van der Waals surface area contributed by atoms with E-state index in [1.165, 1.54) is 6.20 Å². The monoisotopic (exact) mass is 343 g/mol. The Kier molecular flexibility index (Phi) is 4.52.